The highest BCUT2D eigenvalue weighted by atomic mass is 32.1. The molecule has 114 valence electrons. The van der Waals surface area contributed by atoms with Gasteiger partial charge in [-0.15, -0.1) is 11.3 Å². The number of aliphatic hydroxyl groups excluding tert-OH is 1. The van der Waals surface area contributed by atoms with Gasteiger partial charge in [0.05, 0.1) is 11.5 Å². The number of hydrogen-bond donors (Lipinski definition) is 1. The lowest BCUT2D eigenvalue weighted by molar-refractivity contribution is 0.0885. The first-order valence-electron chi connectivity index (χ1n) is 7.54. The maximum Gasteiger partial charge on any atom is 0.140 e. The van der Waals surface area contributed by atoms with E-state index in [2.05, 4.69) is 38.1 Å². The van der Waals surface area contributed by atoms with E-state index in [1.807, 2.05) is 6.92 Å². The summed E-state index contributed by atoms with van der Waals surface area (Å²) >= 11 is 1.66. The first-order chi connectivity index (χ1) is 10.2. The fourth-order valence-corrected chi connectivity index (χ4v) is 3.81. The topological polar surface area (TPSA) is 52.5 Å². The molecule has 21 heavy (non-hydrogen) atoms. The predicted octanol–water partition coefficient (Wildman–Crippen LogP) is 1.97. The summed E-state index contributed by atoms with van der Waals surface area (Å²) in [5.41, 5.74) is 0. The standard InChI is InChI=1S/C15H22N4OS/c1-3-12-9-19(6-5-18(12)8-11(2)20)14-13-4-7-21-15(13)17-10-16-14/h4,7,10-12,20H,3,5-6,8-9H2,1-2H3. The number of hydrogen-bond acceptors (Lipinski definition) is 6. The molecule has 2 aromatic rings. The summed E-state index contributed by atoms with van der Waals surface area (Å²) in [4.78, 5) is 14.7. The molecule has 1 fully saturated rings. The van der Waals surface area contributed by atoms with Crippen molar-refractivity contribution in [1.82, 2.24) is 14.9 Å². The van der Waals surface area contributed by atoms with Crippen LogP contribution in [0.15, 0.2) is 17.8 Å². The Morgan fingerprint density at radius 2 is 2.29 bits per heavy atom. The molecule has 3 heterocycles. The van der Waals surface area contributed by atoms with Crippen molar-refractivity contribution in [2.75, 3.05) is 31.1 Å². The molecular weight excluding hydrogens is 284 g/mol. The molecule has 0 radical (unpaired) electrons. The molecule has 0 bridgehead atoms. The molecule has 0 aromatic carbocycles. The highest BCUT2D eigenvalue weighted by Gasteiger charge is 2.28. The molecule has 0 saturated carbocycles. The van der Waals surface area contributed by atoms with Crippen molar-refractivity contribution in [3.8, 4) is 0 Å². The smallest absolute Gasteiger partial charge is 0.140 e. The number of piperazine rings is 1. The van der Waals surface area contributed by atoms with Gasteiger partial charge in [0.25, 0.3) is 0 Å². The quantitative estimate of drug-likeness (QED) is 0.936. The Morgan fingerprint density at radius 3 is 3.05 bits per heavy atom. The molecule has 1 aliphatic heterocycles. The van der Waals surface area contributed by atoms with Gasteiger partial charge < -0.3 is 10.0 Å². The van der Waals surface area contributed by atoms with Gasteiger partial charge in [0, 0.05) is 32.2 Å². The summed E-state index contributed by atoms with van der Waals surface area (Å²) in [6.07, 6.45) is 2.48. The van der Waals surface area contributed by atoms with Crippen molar-refractivity contribution >= 4 is 27.4 Å². The lowest BCUT2D eigenvalue weighted by Gasteiger charge is -2.42. The third-order valence-corrected chi connectivity index (χ3v) is 4.94. The van der Waals surface area contributed by atoms with Crippen molar-refractivity contribution in [2.45, 2.75) is 32.4 Å². The van der Waals surface area contributed by atoms with Crippen molar-refractivity contribution in [3.05, 3.63) is 17.8 Å². The highest BCUT2D eigenvalue weighted by molar-refractivity contribution is 7.16. The Hall–Kier alpha value is -1.24. The van der Waals surface area contributed by atoms with Gasteiger partial charge in [0.1, 0.15) is 17.0 Å². The SMILES string of the molecule is CCC1CN(c2ncnc3sccc23)CCN1CC(C)O. The van der Waals surface area contributed by atoms with Crippen LogP contribution in [0.5, 0.6) is 0 Å². The third-order valence-electron chi connectivity index (χ3n) is 4.11. The van der Waals surface area contributed by atoms with Gasteiger partial charge in [0.2, 0.25) is 0 Å². The maximum atomic E-state index is 9.64. The number of aliphatic hydroxyl groups is 1. The van der Waals surface area contributed by atoms with Crippen molar-refractivity contribution < 1.29 is 5.11 Å². The first-order valence-corrected chi connectivity index (χ1v) is 8.42. The normalized spacial score (nSPS) is 21.9. The van der Waals surface area contributed by atoms with Crippen molar-refractivity contribution in [1.29, 1.82) is 0 Å². The Balaban J connectivity index is 1.80. The lowest BCUT2D eigenvalue weighted by atomic mass is 10.1. The summed E-state index contributed by atoms with van der Waals surface area (Å²) < 4.78 is 0. The average molecular weight is 306 g/mol. The van der Waals surface area contributed by atoms with E-state index < -0.39 is 0 Å². The van der Waals surface area contributed by atoms with Gasteiger partial charge in [-0.3, -0.25) is 4.90 Å². The Labute approximate surface area is 129 Å². The van der Waals surface area contributed by atoms with Crippen LogP contribution in [0, 0.1) is 0 Å². The molecule has 1 saturated heterocycles. The number of anilines is 1. The molecule has 0 spiro atoms. The molecule has 1 aliphatic rings. The van der Waals surface area contributed by atoms with Gasteiger partial charge in [-0.1, -0.05) is 6.92 Å². The average Bonchev–Trinajstić information content (AvgIpc) is 2.95. The second kappa shape index (κ2) is 6.25. The summed E-state index contributed by atoms with van der Waals surface area (Å²) in [6.45, 7) is 7.71. The zero-order valence-electron chi connectivity index (χ0n) is 12.6. The van der Waals surface area contributed by atoms with Crippen LogP contribution in [-0.4, -0.2) is 58.3 Å². The Morgan fingerprint density at radius 1 is 1.43 bits per heavy atom. The van der Waals surface area contributed by atoms with E-state index in [0.29, 0.717) is 6.04 Å². The molecule has 2 unspecified atom stereocenters. The molecule has 3 rings (SSSR count). The fraction of sp³-hybridized carbons (Fsp3) is 0.600. The second-order valence-electron chi connectivity index (χ2n) is 5.69. The summed E-state index contributed by atoms with van der Waals surface area (Å²) in [5, 5.41) is 12.9. The van der Waals surface area contributed by atoms with Crippen molar-refractivity contribution in [2.24, 2.45) is 0 Å². The molecule has 6 heteroatoms. The molecule has 2 atom stereocenters. The van der Waals surface area contributed by atoms with Crippen LogP contribution in [0.3, 0.4) is 0 Å². The van der Waals surface area contributed by atoms with E-state index in [1.165, 1.54) is 0 Å². The van der Waals surface area contributed by atoms with E-state index in [0.717, 1.165) is 48.6 Å². The van der Waals surface area contributed by atoms with Crippen LogP contribution < -0.4 is 4.90 Å². The molecule has 5 nitrogen and oxygen atoms in total. The Bertz CT molecular complexity index is 600. The van der Waals surface area contributed by atoms with E-state index >= 15 is 0 Å². The second-order valence-corrected chi connectivity index (χ2v) is 6.58. The number of aromatic nitrogens is 2. The van der Waals surface area contributed by atoms with E-state index in [1.54, 1.807) is 17.7 Å². The maximum absolute atomic E-state index is 9.64. The largest absolute Gasteiger partial charge is 0.392 e. The van der Waals surface area contributed by atoms with Crippen LogP contribution in [-0.2, 0) is 0 Å². The van der Waals surface area contributed by atoms with Crippen LogP contribution in [0.2, 0.25) is 0 Å². The number of rotatable bonds is 4. The van der Waals surface area contributed by atoms with E-state index in [-0.39, 0.29) is 6.10 Å². The minimum absolute atomic E-state index is 0.270. The number of nitrogens with zero attached hydrogens (tertiary/aromatic N) is 4. The Kier molecular flexibility index (Phi) is 4.37. The zero-order chi connectivity index (χ0) is 14.8. The third kappa shape index (κ3) is 3.02. The highest BCUT2D eigenvalue weighted by Crippen LogP contribution is 2.28. The number of thiophene rings is 1. The van der Waals surface area contributed by atoms with Crippen LogP contribution in [0.4, 0.5) is 5.82 Å². The monoisotopic (exact) mass is 306 g/mol. The fourth-order valence-electron chi connectivity index (χ4n) is 3.08. The van der Waals surface area contributed by atoms with Gasteiger partial charge in [-0.25, -0.2) is 9.97 Å². The van der Waals surface area contributed by atoms with Crippen LogP contribution >= 0.6 is 11.3 Å². The summed E-state index contributed by atoms with van der Waals surface area (Å²) in [7, 11) is 0. The summed E-state index contributed by atoms with van der Waals surface area (Å²) in [5.74, 6) is 1.05. The number of fused-ring (bicyclic) bond motifs is 1. The molecular formula is C15H22N4OS. The minimum Gasteiger partial charge on any atom is -0.392 e. The van der Waals surface area contributed by atoms with Gasteiger partial charge in [0.15, 0.2) is 0 Å². The van der Waals surface area contributed by atoms with E-state index in [9.17, 15) is 5.11 Å². The van der Waals surface area contributed by atoms with Gasteiger partial charge in [-0.2, -0.15) is 0 Å². The first kappa shape index (κ1) is 14.7. The number of β-amino-alcohol motifs (C(OH)–C–C–N with tert-alkyl or cyclic N) is 1. The van der Waals surface area contributed by atoms with Crippen molar-refractivity contribution in [3.63, 3.8) is 0 Å². The van der Waals surface area contributed by atoms with Gasteiger partial charge >= 0.3 is 0 Å². The van der Waals surface area contributed by atoms with Gasteiger partial charge in [-0.05, 0) is 24.8 Å². The lowest BCUT2D eigenvalue weighted by Crippen LogP contribution is -2.54. The minimum atomic E-state index is -0.270. The molecule has 1 N–H and O–H groups in total. The molecule has 0 amide bonds. The predicted molar refractivity (Wildman–Crippen MR) is 87.0 cm³/mol. The molecule has 2 aromatic heterocycles. The summed E-state index contributed by atoms with van der Waals surface area (Å²) in [6, 6.07) is 2.58. The zero-order valence-corrected chi connectivity index (χ0v) is 13.4. The van der Waals surface area contributed by atoms with Crippen LogP contribution in [0.1, 0.15) is 20.3 Å². The van der Waals surface area contributed by atoms with Crippen LogP contribution in [0.25, 0.3) is 10.2 Å². The van der Waals surface area contributed by atoms with E-state index in [4.69, 9.17) is 0 Å². The molecule has 0 aliphatic carbocycles.